The number of rotatable bonds is 8. The van der Waals surface area contributed by atoms with Crippen molar-refractivity contribution in [2.75, 3.05) is 5.75 Å². The highest BCUT2D eigenvalue weighted by molar-refractivity contribution is 7.99. The molecular formula is C19H21N3O2S. The Hall–Kier alpha value is -2.34. The van der Waals surface area contributed by atoms with Gasteiger partial charge in [0.25, 0.3) is 0 Å². The minimum Gasteiger partial charge on any atom is -0.467 e. The Kier molecular flexibility index (Phi) is 5.71. The first-order valence-corrected chi connectivity index (χ1v) is 9.27. The molecule has 0 bridgehead atoms. The van der Waals surface area contributed by atoms with E-state index >= 15 is 0 Å². The summed E-state index contributed by atoms with van der Waals surface area (Å²) in [4.78, 5) is 11.1. The minimum absolute atomic E-state index is 0.221. The molecule has 3 rings (SSSR count). The third-order valence-electron chi connectivity index (χ3n) is 3.90. The average Bonchev–Trinajstić information content (AvgIpc) is 3.23. The second-order valence-electron chi connectivity index (χ2n) is 5.94. The molecule has 2 heterocycles. The van der Waals surface area contributed by atoms with Crippen LogP contribution >= 0.6 is 11.8 Å². The van der Waals surface area contributed by atoms with Gasteiger partial charge in [-0.1, -0.05) is 36.0 Å². The van der Waals surface area contributed by atoms with Crippen LogP contribution in [0.3, 0.4) is 0 Å². The van der Waals surface area contributed by atoms with Gasteiger partial charge >= 0.3 is 0 Å². The van der Waals surface area contributed by atoms with E-state index < -0.39 is 0 Å². The molecule has 2 aromatic heterocycles. The predicted molar refractivity (Wildman–Crippen MR) is 98.6 cm³/mol. The number of furan rings is 1. The number of aryl methyl sites for hydroxylation is 1. The second kappa shape index (κ2) is 8.16. The Morgan fingerprint density at radius 2 is 2.04 bits per heavy atom. The van der Waals surface area contributed by atoms with E-state index in [1.165, 1.54) is 0 Å². The van der Waals surface area contributed by atoms with Crippen molar-refractivity contribution in [2.45, 2.75) is 38.4 Å². The van der Waals surface area contributed by atoms with Crippen LogP contribution in [0.25, 0.3) is 11.4 Å². The van der Waals surface area contributed by atoms with Gasteiger partial charge in [0.2, 0.25) is 0 Å². The SMILES string of the molecule is CC(=O)CCCSc1nnc(-c2ccccc2C)n1Cc1ccco1. The summed E-state index contributed by atoms with van der Waals surface area (Å²) < 4.78 is 7.59. The maximum atomic E-state index is 11.1. The van der Waals surface area contributed by atoms with Crippen molar-refractivity contribution in [1.29, 1.82) is 0 Å². The number of hydrogen-bond acceptors (Lipinski definition) is 5. The number of nitrogens with zero attached hydrogens (tertiary/aromatic N) is 3. The number of thioether (sulfide) groups is 1. The number of carbonyl (C=O) groups excluding carboxylic acids is 1. The highest BCUT2D eigenvalue weighted by atomic mass is 32.2. The van der Waals surface area contributed by atoms with Crippen LogP contribution in [0.4, 0.5) is 0 Å². The van der Waals surface area contributed by atoms with Crippen molar-refractivity contribution in [3.8, 4) is 11.4 Å². The molecule has 0 atom stereocenters. The molecule has 130 valence electrons. The molecule has 1 aromatic carbocycles. The van der Waals surface area contributed by atoms with Gasteiger partial charge in [0, 0.05) is 17.7 Å². The molecule has 0 unspecified atom stereocenters. The highest BCUT2D eigenvalue weighted by Crippen LogP contribution is 2.27. The zero-order valence-corrected chi connectivity index (χ0v) is 15.3. The Bertz CT molecular complexity index is 840. The van der Waals surface area contributed by atoms with E-state index in [-0.39, 0.29) is 5.78 Å². The normalized spacial score (nSPS) is 11.0. The Balaban J connectivity index is 1.87. The second-order valence-corrected chi connectivity index (χ2v) is 7.00. The molecule has 0 saturated carbocycles. The quantitative estimate of drug-likeness (QED) is 0.444. The smallest absolute Gasteiger partial charge is 0.191 e. The maximum absolute atomic E-state index is 11.1. The number of carbonyl (C=O) groups is 1. The van der Waals surface area contributed by atoms with E-state index in [2.05, 4.69) is 33.8 Å². The summed E-state index contributed by atoms with van der Waals surface area (Å²) in [7, 11) is 0. The third-order valence-corrected chi connectivity index (χ3v) is 4.95. The summed E-state index contributed by atoms with van der Waals surface area (Å²) in [6, 6.07) is 12.0. The summed E-state index contributed by atoms with van der Waals surface area (Å²) in [6.07, 6.45) is 3.12. The fourth-order valence-electron chi connectivity index (χ4n) is 2.60. The standard InChI is InChI=1S/C19H21N3O2S/c1-14-7-3-4-10-17(14)18-20-21-19(25-12-6-8-15(2)23)22(18)13-16-9-5-11-24-16/h3-5,7,9-11H,6,8,12-13H2,1-2H3. The highest BCUT2D eigenvalue weighted by Gasteiger charge is 2.17. The third kappa shape index (κ3) is 4.39. The molecule has 5 nitrogen and oxygen atoms in total. The summed E-state index contributed by atoms with van der Waals surface area (Å²) in [5.41, 5.74) is 2.22. The molecule has 25 heavy (non-hydrogen) atoms. The molecular weight excluding hydrogens is 334 g/mol. The maximum Gasteiger partial charge on any atom is 0.191 e. The van der Waals surface area contributed by atoms with Crippen molar-refractivity contribution in [1.82, 2.24) is 14.8 Å². The molecule has 0 fully saturated rings. The van der Waals surface area contributed by atoms with Crippen LogP contribution in [0.2, 0.25) is 0 Å². The fourth-order valence-corrected chi connectivity index (χ4v) is 3.48. The topological polar surface area (TPSA) is 60.9 Å². The van der Waals surface area contributed by atoms with Gasteiger partial charge in [-0.3, -0.25) is 4.57 Å². The van der Waals surface area contributed by atoms with Crippen molar-refractivity contribution in [2.24, 2.45) is 0 Å². The van der Waals surface area contributed by atoms with Crippen LogP contribution in [0.5, 0.6) is 0 Å². The summed E-state index contributed by atoms with van der Waals surface area (Å²) in [5, 5.41) is 9.65. The largest absolute Gasteiger partial charge is 0.467 e. The van der Waals surface area contributed by atoms with Crippen molar-refractivity contribution in [3.63, 3.8) is 0 Å². The van der Waals surface area contributed by atoms with Crippen LogP contribution in [0, 0.1) is 6.92 Å². The van der Waals surface area contributed by atoms with Crippen LogP contribution in [-0.4, -0.2) is 26.3 Å². The van der Waals surface area contributed by atoms with Gasteiger partial charge in [-0.2, -0.15) is 0 Å². The van der Waals surface area contributed by atoms with Crippen LogP contribution in [0.15, 0.2) is 52.2 Å². The first-order chi connectivity index (χ1) is 12.1. The van der Waals surface area contributed by atoms with Crippen LogP contribution in [0.1, 0.15) is 31.1 Å². The van der Waals surface area contributed by atoms with Crippen molar-refractivity contribution in [3.05, 3.63) is 54.0 Å². The van der Waals surface area contributed by atoms with E-state index in [0.717, 1.165) is 40.0 Å². The lowest BCUT2D eigenvalue weighted by atomic mass is 10.1. The zero-order chi connectivity index (χ0) is 17.6. The molecule has 0 aliphatic rings. The Morgan fingerprint density at radius 1 is 1.20 bits per heavy atom. The molecule has 0 spiro atoms. The van der Waals surface area contributed by atoms with Gasteiger partial charge in [0.05, 0.1) is 12.8 Å². The van der Waals surface area contributed by atoms with E-state index in [1.54, 1.807) is 24.9 Å². The molecule has 3 aromatic rings. The monoisotopic (exact) mass is 355 g/mol. The van der Waals surface area contributed by atoms with Gasteiger partial charge in [-0.25, -0.2) is 0 Å². The summed E-state index contributed by atoms with van der Waals surface area (Å²) in [6.45, 7) is 4.28. The lowest BCUT2D eigenvalue weighted by molar-refractivity contribution is -0.117. The van der Waals surface area contributed by atoms with Gasteiger partial charge in [-0.15, -0.1) is 10.2 Å². The molecule has 0 saturated heterocycles. The van der Waals surface area contributed by atoms with Crippen molar-refractivity contribution < 1.29 is 9.21 Å². The zero-order valence-electron chi connectivity index (χ0n) is 14.4. The van der Waals surface area contributed by atoms with Gasteiger partial charge in [0.1, 0.15) is 11.5 Å². The predicted octanol–water partition coefficient (Wildman–Crippen LogP) is 4.36. The van der Waals surface area contributed by atoms with Crippen LogP contribution in [-0.2, 0) is 11.3 Å². The molecule has 0 aliphatic carbocycles. The average molecular weight is 355 g/mol. The Labute approximate surface area is 151 Å². The molecule has 6 heteroatoms. The lowest BCUT2D eigenvalue weighted by Crippen LogP contribution is -2.04. The minimum atomic E-state index is 0.221. The van der Waals surface area contributed by atoms with Gasteiger partial charge < -0.3 is 9.21 Å². The number of hydrogen-bond donors (Lipinski definition) is 0. The molecule has 0 amide bonds. The van der Waals surface area contributed by atoms with Crippen LogP contribution < -0.4 is 0 Å². The first kappa shape index (κ1) is 17.5. The van der Waals surface area contributed by atoms with E-state index in [0.29, 0.717) is 13.0 Å². The van der Waals surface area contributed by atoms with E-state index in [9.17, 15) is 4.79 Å². The number of Topliss-reactive ketones (excluding diaryl/α,β-unsaturated/α-hetero) is 1. The molecule has 0 N–H and O–H groups in total. The van der Waals surface area contributed by atoms with Crippen molar-refractivity contribution >= 4 is 17.5 Å². The summed E-state index contributed by atoms with van der Waals surface area (Å²) >= 11 is 1.63. The lowest BCUT2D eigenvalue weighted by Gasteiger charge is -2.10. The number of aromatic nitrogens is 3. The van der Waals surface area contributed by atoms with Gasteiger partial charge in [-0.05, 0) is 38.0 Å². The van der Waals surface area contributed by atoms with E-state index in [4.69, 9.17) is 4.42 Å². The first-order valence-electron chi connectivity index (χ1n) is 8.29. The van der Waals surface area contributed by atoms with Gasteiger partial charge in [0.15, 0.2) is 11.0 Å². The molecule has 0 radical (unpaired) electrons. The fraction of sp³-hybridized carbons (Fsp3) is 0.316. The number of ketones is 1. The van der Waals surface area contributed by atoms with E-state index in [1.807, 2.05) is 24.3 Å². The molecule has 0 aliphatic heterocycles. The number of benzene rings is 1. The summed E-state index contributed by atoms with van der Waals surface area (Å²) in [5.74, 6) is 2.76. The Morgan fingerprint density at radius 3 is 2.76 bits per heavy atom.